The summed E-state index contributed by atoms with van der Waals surface area (Å²) in [6.45, 7) is 0. The number of esters is 1. The Hall–Kier alpha value is -4.29. The first-order valence-corrected chi connectivity index (χ1v) is 12.0. The van der Waals surface area contributed by atoms with Crippen LogP contribution < -0.4 is 9.47 Å². The van der Waals surface area contributed by atoms with Gasteiger partial charge < -0.3 is 14.2 Å². The Morgan fingerprint density at radius 2 is 1.03 bits per heavy atom. The molecular weight excluding hydrogens is 472 g/mol. The van der Waals surface area contributed by atoms with Gasteiger partial charge in [0.25, 0.3) is 0 Å². The fourth-order valence-corrected chi connectivity index (χ4v) is 4.35. The monoisotopic (exact) mass is 496 g/mol. The summed E-state index contributed by atoms with van der Waals surface area (Å²) in [6, 6.07) is 32.1. The third-order valence-electron chi connectivity index (χ3n) is 5.32. The van der Waals surface area contributed by atoms with Crippen LogP contribution in [0, 0.1) is 0 Å². The predicted octanol–water partition coefficient (Wildman–Crippen LogP) is 6.96. The summed E-state index contributed by atoms with van der Waals surface area (Å²) in [6.07, 6.45) is 0. The third-order valence-corrected chi connectivity index (χ3v) is 6.37. The zero-order chi connectivity index (χ0) is 25.3. The average Bonchev–Trinajstić information content (AvgIpc) is 2.95. The van der Waals surface area contributed by atoms with Crippen molar-refractivity contribution in [3.8, 4) is 11.5 Å². The molecule has 0 bridgehead atoms. The summed E-state index contributed by atoms with van der Waals surface area (Å²) < 4.78 is 16.6. The number of rotatable bonds is 8. The van der Waals surface area contributed by atoms with Crippen molar-refractivity contribution >= 4 is 33.5 Å². The number of carbonyl (C=O) groups excluding carboxylic acids is 2. The predicted molar refractivity (Wildman–Crippen MR) is 143 cm³/mol. The van der Waals surface area contributed by atoms with Crippen LogP contribution in [-0.2, 0) is 4.74 Å². The highest BCUT2D eigenvalue weighted by molar-refractivity contribution is 8.22. The van der Waals surface area contributed by atoms with Gasteiger partial charge in [0.15, 0.2) is 5.76 Å². The molecule has 0 heterocycles. The summed E-state index contributed by atoms with van der Waals surface area (Å²) in [5, 5.41) is -0.178. The maximum atomic E-state index is 13.3. The summed E-state index contributed by atoms with van der Waals surface area (Å²) in [5.74, 6) is 1.07. The molecule has 0 saturated heterocycles. The molecular formula is C30H24O5S. The van der Waals surface area contributed by atoms with Crippen LogP contribution in [0.5, 0.6) is 11.5 Å². The highest BCUT2D eigenvalue weighted by Crippen LogP contribution is 2.39. The van der Waals surface area contributed by atoms with Gasteiger partial charge in [-0.05, 0) is 65.9 Å². The quantitative estimate of drug-likeness (QED) is 0.149. The number of hydrogen-bond acceptors (Lipinski definition) is 6. The second kappa shape index (κ2) is 11.9. The smallest absolute Gasteiger partial charge is 0.343 e. The molecule has 5 nitrogen and oxygen atoms in total. The van der Waals surface area contributed by atoms with Crippen molar-refractivity contribution in [3.63, 3.8) is 0 Å². The lowest BCUT2D eigenvalue weighted by Crippen LogP contribution is -2.07. The van der Waals surface area contributed by atoms with Gasteiger partial charge in [-0.25, -0.2) is 4.79 Å². The zero-order valence-electron chi connectivity index (χ0n) is 19.8. The first kappa shape index (κ1) is 24.8. The van der Waals surface area contributed by atoms with Crippen LogP contribution in [0.25, 0.3) is 10.7 Å². The van der Waals surface area contributed by atoms with Gasteiger partial charge in [-0.15, -0.1) is 0 Å². The van der Waals surface area contributed by atoms with E-state index in [1.165, 1.54) is 0 Å². The summed E-state index contributed by atoms with van der Waals surface area (Å²) in [4.78, 5) is 26.9. The van der Waals surface area contributed by atoms with Gasteiger partial charge in [0.1, 0.15) is 11.5 Å². The van der Waals surface area contributed by atoms with Gasteiger partial charge in [0.2, 0.25) is 5.12 Å². The molecule has 4 aromatic rings. The molecule has 0 aliphatic heterocycles. The van der Waals surface area contributed by atoms with Crippen LogP contribution in [0.1, 0.15) is 31.8 Å². The lowest BCUT2D eigenvalue weighted by Gasteiger charge is -2.16. The number of hydrogen-bond donors (Lipinski definition) is 0. The number of carbonyl (C=O) groups is 2. The number of benzene rings is 4. The van der Waals surface area contributed by atoms with Crippen molar-refractivity contribution in [2.75, 3.05) is 14.2 Å². The number of thioether (sulfide) groups is 1. The molecule has 4 rings (SSSR count). The van der Waals surface area contributed by atoms with E-state index >= 15 is 0 Å². The molecule has 0 saturated carbocycles. The Labute approximate surface area is 214 Å². The van der Waals surface area contributed by atoms with Crippen molar-refractivity contribution < 1.29 is 23.8 Å². The molecule has 0 atom stereocenters. The van der Waals surface area contributed by atoms with E-state index in [-0.39, 0.29) is 10.9 Å². The van der Waals surface area contributed by atoms with Crippen molar-refractivity contribution in [2.24, 2.45) is 0 Å². The van der Waals surface area contributed by atoms with Crippen LogP contribution in [-0.4, -0.2) is 25.3 Å². The second-order valence-corrected chi connectivity index (χ2v) is 8.61. The minimum Gasteiger partial charge on any atom is -0.497 e. The minimum absolute atomic E-state index is 0.178. The van der Waals surface area contributed by atoms with Gasteiger partial charge >= 0.3 is 5.97 Å². The van der Waals surface area contributed by atoms with Gasteiger partial charge in [-0.1, -0.05) is 60.7 Å². The highest BCUT2D eigenvalue weighted by Gasteiger charge is 2.22. The van der Waals surface area contributed by atoms with Gasteiger partial charge in [0.05, 0.1) is 24.7 Å². The van der Waals surface area contributed by atoms with E-state index in [1.807, 2.05) is 36.4 Å². The molecule has 0 unspecified atom stereocenters. The van der Waals surface area contributed by atoms with Gasteiger partial charge in [-0.3, -0.25) is 4.79 Å². The maximum absolute atomic E-state index is 13.3. The molecule has 36 heavy (non-hydrogen) atoms. The summed E-state index contributed by atoms with van der Waals surface area (Å²) in [5.41, 5.74) is 2.27. The van der Waals surface area contributed by atoms with E-state index in [0.29, 0.717) is 38.7 Å². The Morgan fingerprint density at radius 3 is 1.53 bits per heavy atom. The highest BCUT2D eigenvalue weighted by atomic mass is 32.2. The van der Waals surface area contributed by atoms with Crippen molar-refractivity contribution in [2.45, 2.75) is 0 Å². The Morgan fingerprint density at radius 1 is 0.556 bits per heavy atom. The molecule has 6 heteroatoms. The molecule has 0 aromatic heterocycles. The van der Waals surface area contributed by atoms with E-state index in [9.17, 15) is 9.59 Å². The normalized spacial score (nSPS) is 11.3. The summed E-state index contributed by atoms with van der Waals surface area (Å²) >= 11 is 1.01. The average molecular weight is 497 g/mol. The fraction of sp³-hybridized carbons (Fsp3) is 0.0667. The largest absolute Gasteiger partial charge is 0.497 e. The fourth-order valence-electron chi connectivity index (χ4n) is 3.41. The van der Waals surface area contributed by atoms with Crippen LogP contribution in [0.3, 0.4) is 0 Å². The minimum atomic E-state index is -0.528. The molecule has 0 spiro atoms. The lowest BCUT2D eigenvalue weighted by atomic mass is 10.1. The standard InChI is InChI=1S/C30H24O5S/c1-33-25-17-13-21(14-18-25)27(35-29(31)23-9-5-3-6-10-23)28(22-15-19-26(34-2)20-16-22)36-30(32)24-11-7-4-8-12-24/h3-20H,1-2H3/b28-27-. The van der Waals surface area contributed by atoms with Gasteiger partial charge in [-0.2, -0.15) is 0 Å². The molecule has 0 radical (unpaired) electrons. The van der Waals surface area contributed by atoms with E-state index < -0.39 is 5.97 Å². The Balaban J connectivity index is 1.86. The van der Waals surface area contributed by atoms with Crippen LogP contribution in [0.15, 0.2) is 109 Å². The molecule has 0 amide bonds. The van der Waals surface area contributed by atoms with E-state index in [2.05, 4.69) is 0 Å². The van der Waals surface area contributed by atoms with E-state index in [1.54, 1.807) is 87.0 Å². The zero-order valence-corrected chi connectivity index (χ0v) is 20.7. The van der Waals surface area contributed by atoms with Crippen molar-refractivity contribution in [1.82, 2.24) is 0 Å². The topological polar surface area (TPSA) is 61.8 Å². The van der Waals surface area contributed by atoms with Gasteiger partial charge in [0, 0.05) is 11.1 Å². The Bertz CT molecular complexity index is 1240. The first-order valence-electron chi connectivity index (χ1n) is 11.2. The van der Waals surface area contributed by atoms with E-state index in [4.69, 9.17) is 14.2 Å². The van der Waals surface area contributed by atoms with Crippen LogP contribution in [0.2, 0.25) is 0 Å². The molecule has 180 valence electrons. The van der Waals surface area contributed by atoms with Crippen molar-refractivity contribution in [3.05, 3.63) is 131 Å². The second-order valence-electron chi connectivity index (χ2n) is 7.63. The molecule has 0 N–H and O–H groups in total. The summed E-state index contributed by atoms with van der Waals surface area (Å²) in [7, 11) is 3.17. The molecule has 0 aliphatic carbocycles. The Kier molecular flexibility index (Phi) is 8.21. The molecule has 4 aromatic carbocycles. The lowest BCUT2D eigenvalue weighted by molar-refractivity contribution is 0.0693. The SMILES string of the molecule is COc1ccc(/C(OC(=O)c2ccccc2)=C(/SC(=O)c2ccccc2)c2ccc(OC)cc2)cc1. The van der Waals surface area contributed by atoms with Crippen LogP contribution >= 0.6 is 11.8 Å². The number of ether oxygens (including phenoxy) is 3. The third kappa shape index (κ3) is 6.03. The molecule has 0 aliphatic rings. The van der Waals surface area contributed by atoms with Crippen molar-refractivity contribution in [1.29, 1.82) is 0 Å². The maximum Gasteiger partial charge on any atom is 0.343 e. The van der Waals surface area contributed by atoms with Crippen LogP contribution in [0.4, 0.5) is 0 Å². The molecule has 0 fully saturated rings. The number of methoxy groups -OCH3 is 2. The first-order chi connectivity index (χ1) is 17.6. The van der Waals surface area contributed by atoms with E-state index in [0.717, 1.165) is 11.8 Å².